The first-order valence-corrected chi connectivity index (χ1v) is 3.80. The fourth-order valence-electron chi connectivity index (χ4n) is 2.05. The second-order valence-corrected chi connectivity index (χ2v) is 3.35. The van der Waals surface area contributed by atoms with Gasteiger partial charge in [0.25, 0.3) is 0 Å². The summed E-state index contributed by atoms with van der Waals surface area (Å²) in [6, 6.07) is 1.61. The molecule has 0 aromatic carbocycles. The Bertz CT molecular complexity index is 108. The maximum Gasteiger partial charge on any atom is 0.0618 e. The van der Waals surface area contributed by atoms with Crippen molar-refractivity contribution in [2.75, 3.05) is 6.54 Å². The molecule has 2 unspecified atom stereocenters. The molecule has 0 radical (unpaired) electrons. The molecule has 0 spiro atoms. The molecule has 0 aliphatic carbocycles. The van der Waals surface area contributed by atoms with Gasteiger partial charge in [-0.15, -0.1) is 0 Å². The van der Waals surface area contributed by atoms with Crippen LogP contribution in [0, 0.1) is 0 Å². The summed E-state index contributed by atoms with van der Waals surface area (Å²) in [6.07, 6.45) is 2.12. The quantitative estimate of drug-likeness (QED) is 0.547. The van der Waals surface area contributed by atoms with Crippen LogP contribution in [0.15, 0.2) is 0 Å². The largest absolute Gasteiger partial charge is 0.300 e. The van der Waals surface area contributed by atoms with Crippen molar-refractivity contribution in [3.05, 3.63) is 0 Å². The average Bonchev–Trinajstić information content (AvgIpc) is 2.13. The van der Waals surface area contributed by atoms with E-state index < -0.39 is 0 Å². The molecule has 3 aliphatic heterocycles. The van der Waals surface area contributed by atoms with Crippen molar-refractivity contribution >= 4 is 0 Å². The number of fused-ring (bicyclic) bond motifs is 1. The van der Waals surface area contributed by atoms with E-state index in [1.54, 1.807) is 0 Å². The van der Waals surface area contributed by atoms with Crippen molar-refractivity contribution in [2.24, 2.45) is 0 Å². The van der Waals surface area contributed by atoms with Crippen molar-refractivity contribution in [1.29, 1.82) is 0 Å². The molecule has 1 N–H and O–H groups in total. The minimum Gasteiger partial charge on any atom is -0.300 e. The standard InChI is InChI=1S/C7H14N2/c1-5(2)9-6-3-7(9)8-4-6/h5-8H,3-4H2,1-2H3. The van der Waals surface area contributed by atoms with Crippen LogP contribution < -0.4 is 5.32 Å². The Morgan fingerprint density at radius 3 is 2.56 bits per heavy atom. The number of hydrogen-bond donors (Lipinski definition) is 1. The fourth-order valence-corrected chi connectivity index (χ4v) is 2.05. The van der Waals surface area contributed by atoms with Crippen LogP contribution in [0.1, 0.15) is 20.3 Å². The Balaban J connectivity index is 2.02. The monoisotopic (exact) mass is 126 g/mol. The van der Waals surface area contributed by atoms with E-state index in [9.17, 15) is 0 Å². The molecule has 3 rings (SSSR count). The van der Waals surface area contributed by atoms with Gasteiger partial charge in [0.1, 0.15) is 0 Å². The third kappa shape index (κ3) is 0.634. The molecule has 3 heterocycles. The zero-order chi connectivity index (χ0) is 6.43. The van der Waals surface area contributed by atoms with Gasteiger partial charge in [0, 0.05) is 18.6 Å². The van der Waals surface area contributed by atoms with E-state index in [-0.39, 0.29) is 0 Å². The summed E-state index contributed by atoms with van der Waals surface area (Å²) < 4.78 is 0. The predicted molar refractivity (Wildman–Crippen MR) is 37.2 cm³/mol. The molecule has 2 atom stereocenters. The summed E-state index contributed by atoms with van der Waals surface area (Å²) in [5.74, 6) is 0. The molecule has 3 fully saturated rings. The van der Waals surface area contributed by atoms with Crippen molar-refractivity contribution < 1.29 is 0 Å². The van der Waals surface area contributed by atoms with E-state index in [2.05, 4.69) is 24.1 Å². The van der Waals surface area contributed by atoms with Crippen LogP contribution in [-0.4, -0.2) is 29.7 Å². The summed E-state index contributed by atoms with van der Waals surface area (Å²) >= 11 is 0. The van der Waals surface area contributed by atoms with Crippen LogP contribution in [0.5, 0.6) is 0 Å². The van der Waals surface area contributed by atoms with Crippen LogP contribution in [0.25, 0.3) is 0 Å². The molecule has 3 aliphatic rings. The molecule has 9 heavy (non-hydrogen) atoms. The third-order valence-corrected chi connectivity index (χ3v) is 2.46. The van der Waals surface area contributed by atoms with Gasteiger partial charge in [-0.1, -0.05) is 0 Å². The first-order valence-electron chi connectivity index (χ1n) is 3.80. The molecule has 2 heteroatoms. The third-order valence-electron chi connectivity index (χ3n) is 2.46. The van der Waals surface area contributed by atoms with Crippen LogP contribution in [0.3, 0.4) is 0 Å². The zero-order valence-electron chi connectivity index (χ0n) is 6.09. The van der Waals surface area contributed by atoms with E-state index in [1.165, 1.54) is 13.0 Å². The highest BCUT2D eigenvalue weighted by Gasteiger charge is 2.45. The molecule has 3 saturated heterocycles. The van der Waals surface area contributed by atoms with E-state index in [4.69, 9.17) is 0 Å². The first-order chi connectivity index (χ1) is 4.29. The first kappa shape index (κ1) is 5.69. The molecule has 52 valence electrons. The predicted octanol–water partition coefficient (Wildman–Crippen LogP) is 0.398. The maximum atomic E-state index is 3.45. The van der Waals surface area contributed by atoms with Gasteiger partial charge < -0.3 is 5.32 Å². The summed E-state index contributed by atoms with van der Waals surface area (Å²) in [6.45, 7) is 5.77. The second kappa shape index (κ2) is 1.70. The number of hydrogen-bond acceptors (Lipinski definition) is 2. The Hall–Kier alpha value is -0.0800. The maximum absolute atomic E-state index is 3.45. The average molecular weight is 126 g/mol. The van der Waals surface area contributed by atoms with Gasteiger partial charge >= 0.3 is 0 Å². The lowest BCUT2D eigenvalue weighted by Gasteiger charge is -2.42. The van der Waals surface area contributed by atoms with Crippen molar-refractivity contribution in [1.82, 2.24) is 10.2 Å². The van der Waals surface area contributed by atoms with Gasteiger partial charge in [0.2, 0.25) is 0 Å². The van der Waals surface area contributed by atoms with Crippen molar-refractivity contribution in [2.45, 2.75) is 38.5 Å². The number of nitrogens with zero attached hydrogens (tertiary/aromatic N) is 1. The Labute approximate surface area is 56.2 Å². The lowest BCUT2D eigenvalue weighted by atomic mass is 10.0. The SMILES string of the molecule is CC(C)N1C2CNC1C2. The summed E-state index contributed by atoms with van der Waals surface area (Å²) in [5.41, 5.74) is 0. The van der Waals surface area contributed by atoms with Crippen LogP contribution >= 0.6 is 0 Å². The molecular formula is C7H14N2. The fraction of sp³-hybridized carbons (Fsp3) is 1.00. The molecule has 2 bridgehead atoms. The highest BCUT2D eigenvalue weighted by atomic mass is 15.4. The topological polar surface area (TPSA) is 15.3 Å². The van der Waals surface area contributed by atoms with Crippen molar-refractivity contribution in [3.63, 3.8) is 0 Å². The van der Waals surface area contributed by atoms with E-state index in [0.29, 0.717) is 0 Å². The molecule has 0 amide bonds. The summed E-state index contributed by atoms with van der Waals surface area (Å²) in [5, 5.41) is 3.45. The highest BCUT2D eigenvalue weighted by molar-refractivity contribution is 5.00. The van der Waals surface area contributed by atoms with E-state index >= 15 is 0 Å². The summed E-state index contributed by atoms with van der Waals surface area (Å²) in [7, 11) is 0. The second-order valence-electron chi connectivity index (χ2n) is 3.35. The smallest absolute Gasteiger partial charge is 0.0618 e. The Morgan fingerprint density at radius 1 is 1.56 bits per heavy atom. The van der Waals surface area contributed by atoms with Crippen LogP contribution in [0.2, 0.25) is 0 Å². The van der Waals surface area contributed by atoms with Gasteiger partial charge in [0.15, 0.2) is 0 Å². The van der Waals surface area contributed by atoms with Crippen molar-refractivity contribution in [3.8, 4) is 0 Å². The lowest BCUT2D eigenvalue weighted by molar-refractivity contribution is 0.0417. The van der Waals surface area contributed by atoms with Crippen LogP contribution in [-0.2, 0) is 0 Å². The van der Waals surface area contributed by atoms with Gasteiger partial charge in [-0.25, -0.2) is 0 Å². The number of rotatable bonds is 1. The van der Waals surface area contributed by atoms with Gasteiger partial charge in [-0.3, -0.25) is 4.90 Å². The minimum atomic E-state index is 0.731. The molecule has 0 saturated carbocycles. The molecule has 0 aromatic heterocycles. The number of nitrogens with one attached hydrogen (secondary N) is 1. The zero-order valence-corrected chi connectivity index (χ0v) is 6.09. The van der Waals surface area contributed by atoms with Gasteiger partial charge in [-0.2, -0.15) is 0 Å². The van der Waals surface area contributed by atoms with Gasteiger partial charge in [-0.05, 0) is 20.3 Å². The molecule has 2 nitrogen and oxygen atoms in total. The molecular weight excluding hydrogens is 112 g/mol. The van der Waals surface area contributed by atoms with E-state index in [1.807, 2.05) is 0 Å². The Kier molecular flexibility index (Phi) is 1.08. The van der Waals surface area contributed by atoms with E-state index in [0.717, 1.165) is 18.2 Å². The van der Waals surface area contributed by atoms with Crippen LogP contribution in [0.4, 0.5) is 0 Å². The summed E-state index contributed by atoms with van der Waals surface area (Å²) in [4.78, 5) is 2.56. The van der Waals surface area contributed by atoms with Gasteiger partial charge in [0.05, 0.1) is 6.17 Å². The Morgan fingerprint density at radius 2 is 2.33 bits per heavy atom. The molecule has 0 aromatic rings. The minimum absolute atomic E-state index is 0.731. The highest BCUT2D eigenvalue weighted by Crippen LogP contribution is 2.31. The normalized spacial score (nSPS) is 41.7. The lowest BCUT2D eigenvalue weighted by Crippen LogP contribution is -2.54.